The lowest BCUT2D eigenvalue weighted by atomic mass is 9.79. The van der Waals surface area contributed by atoms with Crippen molar-refractivity contribution in [3.8, 4) is 0 Å². The smallest absolute Gasteiger partial charge is 0.444 e. The first kappa shape index (κ1) is 25.6. The Kier molecular flexibility index (Phi) is 7.20. The molecule has 33 heavy (non-hydrogen) atoms. The van der Waals surface area contributed by atoms with Gasteiger partial charge < -0.3 is 23.8 Å². The zero-order chi connectivity index (χ0) is 24.6. The van der Waals surface area contributed by atoms with E-state index in [1.54, 1.807) is 4.90 Å². The number of piperidine rings is 1. The monoisotopic (exact) mass is 458 g/mol. The molecule has 2 aliphatic heterocycles. The summed E-state index contributed by atoms with van der Waals surface area (Å²) in [6.07, 6.45) is 1.56. The maximum atomic E-state index is 12.9. The number of benzene rings is 1. The van der Waals surface area contributed by atoms with E-state index in [0.717, 1.165) is 23.9 Å². The molecule has 2 amide bonds. The summed E-state index contributed by atoms with van der Waals surface area (Å²) in [6.45, 7) is 14.9. The molecule has 0 spiro atoms. The van der Waals surface area contributed by atoms with Crippen LogP contribution < -0.4 is 5.46 Å². The van der Waals surface area contributed by atoms with Gasteiger partial charge >= 0.3 is 13.2 Å². The summed E-state index contributed by atoms with van der Waals surface area (Å²) in [5.41, 5.74) is 0.645. The average Bonchev–Trinajstić information content (AvgIpc) is 2.94. The zero-order valence-corrected chi connectivity index (χ0v) is 21.4. The first-order valence-corrected chi connectivity index (χ1v) is 11.9. The molecule has 182 valence electrons. The summed E-state index contributed by atoms with van der Waals surface area (Å²) in [5.74, 6) is 0.0779. The standard InChI is InChI=1S/C25H39BN2O5/c1-23(2,3)31-22(30)28-15-13-20(14-16-28)27(8)21(29)17-18-9-11-19(12-10-18)26-32-24(4,5)25(6,7)33-26/h9-12,20H,13-17H2,1-8H3. The second-order valence-corrected chi connectivity index (χ2v) is 11.2. The van der Waals surface area contributed by atoms with E-state index < -0.39 is 12.7 Å². The van der Waals surface area contributed by atoms with Crippen molar-refractivity contribution in [2.24, 2.45) is 0 Å². The lowest BCUT2D eigenvalue weighted by Crippen LogP contribution is -2.48. The van der Waals surface area contributed by atoms with Gasteiger partial charge in [0.25, 0.3) is 0 Å². The van der Waals surface area contributed by atoms with Crippen LogP contribution in [0.4, 0.5) is 4.79 Å². The first-order chi connectivity index (χ1) is 15.2. The number of nitrogens with zero attached hydrogens (tertiary/aromatic N) is 2. The molecule has 2 fully saturated rings. The molecule has 0 aliphatic carbocycles. The molecule has 3 rings (SSSR count). The Bertz CT molecular complexity index is 839. The fraction of sp³-hybridized carbons (Fsp3) is 0.680. The molecular formula is C25H39BN2O5. The number of hydrogen-bond acceptors (Lipinski definition) is 5. The number of likely N-dealkylation sites (tertiary alicyclic amines) is 1. The maximum Gasteiger partial charge on any atom is 0.494 e. The van der Waals surface area contributed by atoms with Crippen molar-refractivity contribution < 1.29 is 23.6 Å². The Morgan fingerprint density at radius 2 is 1.58 bits per heavy atom. The number of carbonyl (C=O) groups excluding carboxylic acids is 2. The third-order valence-corrected chi connectivity index (χ3v) is 6.92. The van der Waals surface area contributed by atoms with Crippen LogP contribution in [0.1, 0.15) is 66.9 Å². The highest BCUT2D eigenvalue weighted by Crippen LogP contribution is 2.36. The second-order valence-electron chi connectivity index (χ2n) is 11.2. The summed E-state index contributed by atoms with van der Waals surface area (Å²) in [6, 6.07) is 8.02. The SMILES string of the molecule is CN(C(=O)Cc1ccc(B2OC(C)(C)C(C)(C)O2)cc1)C1CCN(C(=O)OC(C)(C)C)CC1. The van der Waals surface area contributed by atoms with Crippen molar-refractivity contribution in [2.45, 2.75) is 90.6 Å². The molecule has 0 aromatic heterocycles. The molecule has 2 aliphatic rings. The third kappa shape index (κ3) is 6.09. The molecule has 2 heterocycles. The van der Waals surface area contributed by atoms with Gasteiger partial charge in [0.05, 0.1) is 17.6 Å². The van der Waals surface area contributed by atoms with Crippen LogP contribution in [-0.4, -0.2) is 71.9 Å². The van der Waals surface area contributed by atoms with E-state index in [2.05, 4.69) is 0 Å². The minimum absolute atomic E-state index is 0.0779. The maximum absolute atomic E-state index is 12.9. The van der Waals surface area contributed by atoms with E-state index >= 15 is 0 Å². The van der Waals surface area contributed by atoms with E-state index in [4.69, 9.17) is 14.0 Å². The molecule has 8 heteroatoms. The molecule has 2 saturated heterocycles. The van der Waals surface area contributed by atoms with Crippen LogP contribution in [-0.2, 0) is 25.3 Å². The molecule has 0 radical (unpaired) electrons. The summed E-state index contributed by atoms with van der Waals surface area (Å²) < 4.78 is 17.7. The van der Waals surface area contributed by atoms with Crippen molar-refractivity contribution >= 4 is 24.6 Å². The van der Waals surface area contributed by atoms with Gasteiger partial charge in [-0.25, -0.2) is 4.79 Å². The van der Waals surface area contributed by atoms with Crippen LogP contribution in [0.15, 0.2) is 24.3 Å². The van der Waals surface area contributed by atoms with E-state index in [1.165, 1.54) is 0 Å². The Labute approximate surface area is 198 Å². The summed E-state index contributed by atoms with van der Waals surface area (Å²) >= 11 is 0. The van der Waals surface area contributed by atoms with Gasteiger partial charge in [-0.1, -0.05) is 24.3 Å². The minimum Gasteiger partial charge on any atom is -0.444 e. The molecule has 1 aromatic carbocycles. The van der Waals surface area contributed by atoms with Crippen LogP contribution in [0, 0.1) is 0 Å². The normalized spacial score (nSPS) is 20.6. The predicted octanol–water partition coefficient (Wildman–Crippen LogP) is 3.39. The topological polar surface area (TPSA) is 68.3 Å². The van der Waals surface area contributed by atoms with Crippen molar-refractivity contribution in [3.05, 3.63) is 29.8 Å². The molecular weight excluding hydrogens is 419 g/mol. The Morgan fingerprint density at radius 1 is 1.06 bits per heavy atom. The summed E-state index contributed by atoms with van der Waals surface area (Å²) in [5, 5.41) is 0. The van der Waals surface area contributed by atoms with Crippen molar-refractivity contribution in [3.63, 3.8) is 0 Å². The lowest BCUT2D eigenvalue weighted by molar-refractivity contribution is -0.132. The summed E-state index contributed by atoms with van der Waals surface area (Å²) in [4.78, 5) is 28.7. The van der Waals surface area contributed by atoms with Gasteiger partial charge in [0.15, 0.2) is 0 Å². The molecule has 0 unspecified atom stereocenters. The number of likely N-dealkylation sites (N-methyl/N-ethyl adjacent to an activating group) is 1. The first-order valence-electron chi connectivity index (χ1n) is 11.9. The lowest BCUT2D eigenvalue weighted by Gasteiger charge is -2.37. The van der Waals surface area contributed by atoms with Gasteiger partial charge in [0.2, 0.25) is 5.91 Å². The fourth-order valence-corrected chi connectivity index (χ4v) is 4.04. The van der Waals surface area contributed by atoms with Gasteiger partial charge in [-0.15, -0.1) is 0 Å². The van der Waals surface area contributed by atoms with Crippen LogP contribution in [0.2, 0.25) is 0 Å². The molecule has 1 aromatic rings. The zero-order valence-electron chi connectivity index (χ0n) is 21.4. The highest BCUT2D eigenvalue weighted by molar-refractivity contribution is 6.62. The number of amides is 2. The molecule has 0 bridgehead atoms. The van der Waals surface area contributed by atoms with E-state index in [0.29, 0.717) is 19.5 Å². The van der Waals surface area contributed by atoms with E-state index in [-0.39, 0.29) is 29.2 Å². The van der Waals surface area contributed by atoms with Crippen molar-refractivity contribution in [1.82, 2.24) is 9.80 Å². The Hall–Kier alpha value is -2.06. The molecule has 0 atom stereocenters. The number of hydrogen-bond donors (Lipinski definition) is 0. The van der Waals surface area contributed by atoms with Crippen LogP contribution in [0.3, 0.4) is 0 Å². The van der Waals surface area contributed by atoms with Gasteiger partial charge in [-0.3, -0.25) is 4.79 Å². The highest BCUT2D eigenvalue weighted by Gasteiger charge is 2.51. The molecule has 0 N–H and O–H groups in total. The second kappa shape index (κ2) is 9.30. The predicted molar refractivity (Wildman–Crippen MR) is 129 cm³/mol. The quantitative estimate of drug-likeness (QED) is 0.648. The summed E-state index contributed by atoms with van der Waals surface area (Å²) in [7, 11) is 1.45. The minimum atomic E-state index is -0.501. The fourth-order valence-electron chi connectivity index (χ4n) is 4.04. The Morgan fingerprint density at radius 3 is 2.06 bits per heavy atom. The van der Waals surface area contributed by atoms with Crippen LogP contribution in [0.5, 0.6) is 0 Å². The van der Waals surface area contributed by atoms with Crippen LogP contribution >= 0.6 is 0 Å². The van der Waals surface area contributed by atoms with Gasteiger partial charge in [-0.2, -0.15) is 0 Å². The largest absolute Gasteiger partial charge is 0.494 e. The number of carbonyl (C=O) groups is 2. The molecule has 7 nitrogen and oxygen atoms in total. The van der Waals surface area contributed by atoms with Crippen molar-refractivity contribution in [1.29, 1.82) is 0 Å². The van der Waals surface area contributed by atoms with Gasteiger partial charge in [0.1, 0.15) is 5.60 Å². The van der Waals surface area contributed by atoms with Gasteiger partial charge in [-0.05, 0) is 72.3 Å². The third-order valence-electron chi connectivity index (χ3n) is 6.92. The van der Waals surface area contributed by atoms with Crippen LogP contribution in [0.25, 0.3) is 0 Å². The van der Waals surface area contributed by atoms with Crippen molar-refractivity contribution in [2.75, 3.05) is 20.1 Å². The Balaban J connectivity index is 1.51. The van der Waals surface area contributed by atoms with Gasteiger partial charge in [0, 0.05) is 26.2 Å². The molecule has 0 saturated carbocycles. The van der Waals surface area contributed by atoms with E-state index in [9.17, 15) is 9.59 Å². The number of rotatable bonds is 4. The highest BCUT2D eigenvalue weighted by atomic mass is 16.7. The number of ether oxygens (including phenoxy) is 1. The van der Waals surface area contributed by atoms with E-state index in [1.807, 2.05) is 84.7 Å². The average molecular weight is 458 g/mol.